The van der Waals surface area contributed by atoms with Crippen molar-refractivity contribution in [1.82, 2.24) is 25.6 Å². The maximum absolute atomic E-state index is 13.8. The third kappa shape index (κ3) is 3.09. The van der Waals surface area contributed by atoms with Gasteiger partial charge in [0.15, 0.2) is 11.4 Å². The number of nitrogens with one attached hydrogen (secondary N) is 2. The van der Waals surface area contributed by atoms with Crippen molar-refractivity contribution in [2.75, 3.05) is 13.1 Å². The molecule has 0 radical (unpaired) electrons. The van der Waals surface area contributed by atoms with Crippen LogP contribution in [0, 0.1) is 5.82 Å². The average molecular weight is 343 g/mol. The molecule has 128 valence electrons. The number of carbonyl (C=O) groups excluding carboxylic acids is 1. The number of nitrogens with zero attached hydrogens (tertiary/aromatic N) is 3. The van der Waals surface area contributed by atoms with E-state index in [1.54, 1.807) is 0 Å². The molecule has 1 saturated heterocycles. The van der Waals surface area contributed by atoms with Crippen molar-refractivity contribution in [3.63, 3.8) is 0 Å². The smallest absolute Gasteiger partial charge is 0.347 e. The van der Waals surface area contributed by atoms with E-state index in [1.165, 1.54) is 12.1 Å². The molecular formula is C14H13F4N5O. The number of aromatic nitrogens is 3. The van der Waals surface area contributed by atoms with Crippen molar-refractivity contribution >= 4 is 5.91 Å². The highest BCUT2D eigenvalue weighted by molar-refractivity contribution is 5.93. The molecule has 1 aromatic carbocycles. The Morgan fingerprint density at radius 1 is 1.33 bits per heavy atom. The quantitative estimate of drug-likeness (QED) is 0.829. The molecule has 2 N–H and O–H groups in total. The zero-order chi connectivity index (χ0) is 17.3. The van der Waals surface area contributed by atoms with Gasteiger partial charge in [0.2, 0.25) is 0 Å². The molecule has 1 amide bonds. The highest BCUT2D eigenvalue weighted by Gasteiger charge is 2.42. The van der Waals surface area contributed by atoms with Gasteiger partial charge in [-0.1, -0.05) is 17.3 Å². The summed E-state index contributed by atoms with van der Waals surface area (Å²) in [6.45, 7) is 1.13. The van der Waals surface area contributed by atoms with Crippen LogP contribution in [0.1, 0.15) is 22.6 Å². The molecule has 0 saturated carbocycles. The zero-order valence-electron chi connectivity index (χ0n) is 12.3. The number of benzene rings is 1. The van der Waals surface area contributed by atoms with Crippen molar-refractivity contribution in [2.24, 2.45) is 0 Å². The second kappa shape index (κ2) is 6.19. The van der Waals surface area contributed by atoms with E-state index < -0.39 is 35.0 Å². The molecule has 1 unspecified atom stereocenters. The number of amides is 1. The van der Waals surface area contributed by atoms with Gasteiger partial charge in [0, 0.05) is 12.6 Å². The molecule has 2 heterocycles. The summed E-state index contributed by atoms with van der Waals surface area (Å²) in [6.07, 6.45) is -4.32. The standard InChI is InChI=1S/C14H13F4N5O/c15-9-3-1-2-4-10(9)23-12(14(16,17)18)11(21-22-23)13(24)20-8-5-6-19-7-8/h1-4,8,19H,5-7H2,(H,20,24). The van der Waals surface area contributed by atoms with Gasteiger partial charge in [-0.15, -0.1) is 5.10 Å². The van der Waals surface area contributed by atoms with E-state index in [9.17, 15) is 22.4 Å². The molecule has 2 aromatic rings. The average Bonchev–Trinajstić information content (AvgIpc) is 3.15. The number of hydrogen-bond acceptors (Lipinski definition) is 4. The summed E-state index contributed by atoms with van der Waals surface area (Å²) in [4.78, 5) is 12.1. The normalized spacial score (nSPS) is 17.9. The van der Waals surface area contributed by atoms with E-state index in [2.05, 4.69) is 20.9 Å². The second-order valence-electron chi connectivity index (χ2n) is 5.31. The third-order valence-corrected chi connectivity index (χ3v) is 3.63. The van der Waals surface area contributed by atoms with Crippen LogP contribution in [0.15, 0.2) is 24.3 Å². The Labute approximate surface area is 133 Å². The number of rotatable bonds is 3. The van der Waals surface area contributed by atoms with Crippen molar-refractivity contribution in [3.05, 3.63) is 41.5 Å². The predicted octanol–water partition coefficient (Wildman–Crippen LogP) is 1.52. The monoisotopic (exact) mass is 343 g/mol. The summed E-state index contributed by atoms with van der Waals surface area (Å²) in [5.74, 6) is -1.89. The van der Waals surface area contributed by atoms with Crippen LogP contribution in [0.5, 0.6) is 0 Å². The van der Waals surface area contributed by atoms with Crippen LogP contribution in [0.2, 0.25) is 0 Å². The largest absolute Gasteiger partial charge is 0.435 e. The van der Waals surface area contributed by atoms with Crippen LogP contribution in [-0.2, 0) is 6.18 Å². The van der Waals surface area contributed by atoms with Crippen molar-refractivity contribution in [3.8, 4) is 5.69 Å². The topological polar surface area (TPSA) is 71.8 Å². The van der Waals surface area contributed by atoms with E-state index in [-0.39, 0.29) is 6.04 Å². The van der Waals surface area contributed by atoms with Gasteiger partial charge in [-0.2, -0.15) is 13.2 Å². The molecule has 0 bridgehead atoms. The fraction of sp³-hybridized carbons (Fsp3) is 0.357. The summed E-state index contributed by atoms with van der Waals surface area (Å²) in [5, 5.41) is 12.1. The van der Waals surface area contributed by atoms with Crippen LogP contribution < -0.4 is 10.6 Å². The summed E-state index contributed by atoms with van der Waals surface area (Å²) in [6, 6.07) is 4.55. The summed E-state index contributed by atoms with van der Waals surface area (Å²) >= 11 is 0. The highest BCUT2D eigenvalue weighted by atomic mass is 19.4. The molecule has 24 heavy (non-hydrogen) atoms. The fourth-order valence-corrected chi connectivity index (χ4v) is 2.51. The molecule has 1 fully saturated rings. The van der Waals surface area contributed by atoms with Crippen LogP contribution >= 0.6 is 0 Å². The van der Waals surface area contributed by atoms with Crippen molar-refractivity contribution in [2.45, 2.75) is 18.6 Å². The Bertz CT molecular complexity index is 752. The zero-order valence-corrected chi connectivity index (χ0v) is 12.3. The molecule has 0 aliphatic carbocycles. The molecule has 1 aliphatic rings. The van der Waals surface area contributed by atoms with Crippen LogP contribution in [0.3, 0.4) is 0 Å². The van der Waals surface area contributed by atoms with Crippen LogP contribution in [0.4, 0.5) is 17.6 Å². The fourth-order valence-electron chi connectivity index (χ4n) is 2.51. The minimum Gasteiger partial charge on any atom is -0.347 e. The highest BCUT2D eigenvalue weighted by Crippen LogP contribution is 2.33. The van der Waals surface area contributed by atoms with E-state index in [0.29, 0.717) is 24.2 Å². The minimum absolute atomic E-state index is 0.280. The SMILES string of the molecule is O=C(NC1CCNC1)c1nnn(-c2ccccc2F)c1C(F)(F)F. The van der Waals surface area contributed by atoms with Crippen LogP contribution in [0.25, 0.3) is 5.69 Å². The number of carbonyl (C=O) groups is 1. The van der Waals surface area contributed by atoms with Gasteiger partial charge in [-0.25, -0.2) is 9.07 Å². The number of halogens is 4. The summed E-state index contributed by atoms with van der Waals surface area (Å²) in [5.41, 5.74) is -2.72. The number of hydrogen-bond donors (Lipinski definition) is 2. The lowest BCUT2D eigenvalue weighted by Gasteiger charge is -2.13. The van der Waals surface area contributed by atoms with E-state index in [0.717, 1.165) is 12.1 Å². The lowest BCUT2D eigenvalue weighted by molar-refractivity contribution is -0.143. The lowest BCUT2D eigenvalue weighted by atomic mass is 10.2. The summed E-state index contributed by atoms with van der Waals surface area (Å²) < 4.78 is 54.4. The van der Waals surface area contributed by atoms with Gasteiger partial charge in [0.1, 0.15) is 11.5 Å². The number of para-hydroxylation sites is 1. The van der Waals surface area contributed by atoms with Gasteiger partial charge in [0.25, 0.3) is 5.91 Å². The van der Waals surface area contributed by atoms with Gasteiger partial charge < -0.3 is 10.6 Å². The minimum atomic E-state index is -4.92. The number of alkyl halides is 3. The maximum Gasteiger partial charge on any atom is 0.435 e. The molecular weight excluding hydrogens is 330 g/mol. The molecule has 3 rings (SSSR count). The Morgan fingerprint density at radius 2 is 2.08 bits per heavy atom. The van der Waals surface area contributed by atoms with Crippen LogP contribution in [-0.4, -0.2) is 40.0 Å². The van der Waals surface area contributed by atoms with Gasteiger partial charge in [-0.3, -0.25) is 4.79 Å². The second-order valence-corrected chi connectivity index (χ2v) is 5.31. The molecule has 1 aliphatic heterocycles. The Morgan fingerprint density at radius 3 is 2.71 bits per heavy atom. The first-order chi connectivity index (χ1) is 11.4. The van der Waals surface area contributed by atoms with E-state index in [4.69, 9.17) is 0 Å². The van der Waals surface area contributed by atoms with E-state index >= 15 is 0 Å². The van der Waals surface area contributed by atoms with E-state index in [1.807, 2.05) is 0 Å². The van der Waals surface area contributed by atoms with Gasteiger partial charge in [0.05, 0.1) is 0 Å². The first kappa shape index (κ1) is 16.4. The molecule has 1 atom stereocenters. The van der Waals surface area contributed by atoms with Crippen molar-refractivity contribution < 1.29 is 22.4 Å². The maximum atomic E-state index is 13.8. The molecule has 10 heteroatoms. The van der Waals surface area contributed by atoms with Gasteiger partial charge >= 0.3 is 6.18 Å². The van der Waals surface area contributed by atoms with Gasteiger partial charge in [-0.05, 0) is 25.1 Å². The molecule has 0 spiro atoms. The lowest BCUT2D eigenvalue weighted by Crippen LogP contribution is -2.37. The Kier molecular flexibility index (Phi) is 4.22. The summed E-state index contributed by atoms with van der Waals surface area (Å²) in [7, 11) is 0. The first-order valence-electron chi connectivity index (χ1n) is 7.17. The first-order valence-corrected chi connectivity index (χ1v) is 7.17. The molecule has 1 aromatic heterocycles. The third-order valence-electron chi connectivity index (χ3n) is 3.63. The Balaban J connectivity index is 2.01. The Hall–Kier alpha value is -2.49. The molecule has 6 nitrogen and oxygen atoms in total. The predicted molar refractivity (Wildman–Crippen MR) is 75.1 cm³/mol. The van der Waals surface area contributed by atoms with Crippen molar-refractivity contribution in [1.29, 1.82) is 0 Å².